The van der Waals surface area contributed by atoms with Crippen LogP contribution in [0.25, 0.3) is 6.08 Å². The van der Waals surface area contributed by atoms with E-state index in [1.165, 1.54) is 12.1 Å². The molecule has 13 heavy (non-hydrogen) atoms. The van der Waals surface area contributed by atoms with Crippen LogP contribution in [0.3, 0.4) is 0 Å². The average molecular weight is 240 g/mol. The lowest BCUT2D eigenvalue weighted by Crippen LogP contribution is -1.84. The second kappa shape index (κ2) is 4.78. The molecule has 1 nitrogen and oxygen atoms in total. The predicted molar refractivity (Wildman–Crippen MR) is 53.9 cm³/mol. The number of hydrogen-bond donors (Lipinski definition) is 0. The average Bonchev–Trinajstić information content (AvgIpc) is 2.16. The van der Waals surface area contributed by atoms with E-state index < -0.39 is 0 Å². The molecule has 0 spiro atoms. The van der Waals surface area contributed by atoms with Crippen molar-refractivity contribution < 1.29 is 4.39 Å². The Kier molecular flexibility index (Phi) is 3.66. The van der Waals surface area contributed by atoms with Gasteiger partial charge in [0.25, 0.3) is 0 Å². The van der Waals surface area contributed by atoms with Crippen LogP contribution in [0.2, 0.25) is 0 Å². The molecule has 0 aliphatic heterocycles. The highest BCUT2D eigenvalue weighted by Gasteiger charge is 1.99. The van der Waals surface area contributed by atoms with Gasteiger partial charge in [-0.05, 0) is 17.7 Å². The summed E-state index contributed by atoms with van der Waals surface area (Å²) in [5.74, 6) is -0.382. The van der Waals surface area contributed by atoms with Gasteiger partial charge < -0.3 is 0 Å². The van der Waals surface area contributed by atoms with Crippen molar-refractivity contribution in [3.63, 3.8) is 0 Å². The van der Waals surface area contributed by atoms with E-state index in [4.69, 9.17) is 5.26 Å². The Balaban J connectivity index is 3.08. The van der Waals surface area contributed by atoms with E-state index in [9.17, 15) is 4.39 Å². The van der Waals surface area contributed by atoms with E-state index in [0.717, 1.165) is 10.9 Å². The van der Waals surface area contributed by atoms with Crippen molar-refractivity contribution in [1.29, 1.82) is 5.26 Å². The summed E-state index contributed by atoms with van der Waals surface area (Å²) < 4.78 is 12.7. The van der Waals surface area contributed by atoms with Gasteiger partial charge in [-0.2, -0.15) is 5.26 Å². The molecular formula is C10H7BrFN. The molecule has 66 valence electrons. The molecule has 0 radical (unpaired) electrons. The quantitative estimate of drug-likeness (QED) is 0.728. The second-order valence-electron chi connectivity index (χ2n) is 2.40. The van der Waals surface area contributed by atoms with Gasteiger partial charge in [0.1, 0.15) is 5.82 Å². The Bertz CT molecular complexity index is 366. The lowest BCUT2D eigenvalue weighted by atomic mass is 10.1. The third-order valence-corrected chi connectivity index (χ3v) is 1.90. The fourth-order valence-electron chi connectivity index (χ4n) is 0.942. The number of allylic oxidation sites excluding steroid dienone is 1. The van der Waals surface area contributed by atoms with Gasteiger partial charge >= 0.3 is 0 Å². The molecule has 3 heteroatoms. The molecule has 1 aromatic rings. The summed E-state index contributed by atoms with van der Waals surface area (Å²) in [4.78, 5) is 0. The fraction of sp³-hybridized carbons (Fsp3) is 0.100. The van der Waals surface area contributed by atoms with Crippen molar-refractivity contribution in [1.82, 2.24) is 0 Å². The number of rotatable bonds is 2. The summed E-state index contributed by atoms with van der Waals surface area (Å²) in [5, 5.41) is 9.40. The van der Waals surface area contributed by atoms with E-state index in [1.807, 2.05) is 12.1 Å². The molecule has 0 aliphatic carbocycles. The van der Waals surface area contributed by atoms with Gasteiger partial charge in [-0.1, -0.05) is 34.1 Å². The summed E-state index contributed by atoms with van der Waals surface area (Å²) in [6.45, 7) is 0. The van der Waals surface area contributed by atoms with Crippen molar-refractivity contribution in [3.05, 3.63) is 41.2 Å². The molecule has 0 aromatic heterocycles. The summed E-state index contributed by atoms with van der Waals surface area (Å²) in [6, 6.07) is 6.10. The van der Waals surface area contributed by atoms with E-state index in [2.05, 4.69) is 15.9 Å². The fourth-order valence-corrected chi connectivity index (χ4v) is 1.13. The monoisotopic (exact) mass is 239 g/mol. The minimum atomic E-state index is -0.382. The highest BCUT2D eigenvalue weighted by Crippen LogP contribution is 2.12. The van der Waals surface area contributed by atoms with Gasteiger partial charge in [-0.25, -0.2) is 4.39 Å². The lowest BCUT2D eigenvalue weighted by Gasteiger charge is -1.96. The zero-order valence-electron chi connectivity index (χ0n) is 6.80. The second-order valence-corrected chi connectivity index (χ2v) is 3.05. The molecule has 0 amide bonds. The normalized spacial score (nSPS) is 10.2. The largest absolute Gasteiger partial charge is 0.207 e. The zero-order valence-corrected chi connectivity index (χ0v) is 8.38. The third kappa shape index (κ3) is 2.67. The highest BCUT2D eigenvalue weighted by atomic mass is 79.9. The first-order valence-electron chi connectivity index (χ1n) is 3.70. The smallest absolute Gasteiger partial charge is 0.124 e. The van der Waals surface area contributed by atoms with Crippen molar-refractivity contribution in [2.75, 3.05) is 5.33 Å². The van der Waals surface area contributed by atoms with Crippen LogP contribution in [-0.2, 0) is 0 Å². The number of nitrogens with zero attached hydrogens (tertiary/aromatic N) is 1. The number of alkyl halides is 1. The molecule has 0 saturated carbocycles. The highest BCUT2D eigenvalue weighted by molar-refractivity contribution is 9.09. The number of halogens is 2. The van der Waals surface area contributed by atoms with Crippen LogP contribution in [0.5, 0.6) is 0 Å². The Morgan fingerprint density at radius 2 is 2.31 bits per heavy atom. The minimum absolute atomic E-state index is 0.359. The van der Waals surface area contributed by atoms with Gasteiger partial charge in [0.15, 0.2) is 0 Å². The number of benzene rings is 1. The molecule has 0 aliphatic rings. The first kappa shape index (κ1) is 9.94. The Morgan fingerprint density at radius 1 is 1.54 bits per heavy atom. The van der Waals surface area contributed by atoms with Crippen LogP contribution in [0.1, 0.15) is 11.1 Å². The summed E-state index contributed by atoms with van der Waals surface area (Å²) in [5.41, 5.74) is 1.10. The molecule has 0 N–H and O–H groups in total. The first-order valence-corrected chi connectivity index (χ1v) is 4.82. The van der Waals surface area contributed by atoms with Crippen LogP contribution in [-0.4, -0.2) is 5.33 Å². The molecule has 0 heterocycles. The molecule has 1 rings (SSSR count). The Hall–Kier alpha value is -1.14. The van der Waals surface area contributed by atoms with Crippen molar-refractivity contribution >= 4 is 22.0 Å². The van der Waals surface area contributed by atoms with E-state index in [-0.39, 0.29) is 5.82 Å². The molecule has 0 saturated heterocycles. The molecule has 1 aromatic carbocycles. The van der Waals surface area contributed by atoms with Gasteiger partial charge in [-0.15, -0.1) is 0 Å². The molecular weight excluding hydrogens is 233 g/mol. The maximum Gasteiger partial charge on any atom is 0.124 e. The van der Waals surface area contributed by atoms with Gasteiger partial charge in [-0.3, -0.25) is 0 Å². The number of hydrogen-bond acceptors (Lipinski definition) is 1. The van der Waals surface area contributed by atoms with Crippen molar-refractivity contribution in [2.45, 2.75) is 0 Å². The standard InChI is InChI=1S/C10H7BrFN/c11-5-1-2-8-3-4-10(12)6-9(8)7-13/h1-4,6H,5H2. The van der Waals surface area contributed by atoms with Crippen LogP contribution >= 0.6 is 15.9 Å². The summed E-state index contributed by atoms with van der Waals surface area (Å²) in [6.07, 6.45) is 3.64. The maximum absolute atomic E-state index is 12.7. The van der Waals surface area contributed by atoms with Crippen LogP contribution in [0.4, 0.5) is 4.39 Å². The van der Waals surface area contributed by atoms with Crippen LogP contribution < -0.4 is 0 Å². The summed E-state index contributed by atoms with van der Waals surface area (Å²) in [7, 11) is 0. The SMILES string of the molecule is N#Cc1cc(F)ccc1C=CCBr. The molecule has 0 unspecified atom stereocenters. The van der Waals surface area contributed by atoms with Crippen LogP contribution in [0, 0.1) is 17.1 Å². The predicted octanol–water partition coefficient (Wildman–Crippen LogP) is 3.11. The first-order chi connectivity index (χ1) is 6.27. The number of nitriles is 1. The molecule has 0 fully saturated rings. The Morgan fingerprint density at radius 3 is 2.92 bits per heavy atom. The van der Waals surface area contributed by atoms with E-state index in [0.29, 0.717) is 5.56 Å². The van der Waals surface area contributed by atoms with Crippen molar-refractivity contribution in [3.8, 4) is 6.07 Å². The topological polar surface area (TPSA) is 23.8 Å². The van der Waals surface area contributed by atoms with Gasteiger partial charge in [0.05, 0.1) is 11.6 Å². The Labute approximate surface area is 84.6 Å². The zero-order chi connectivity index (χ0) is 9.68. The van der Waals surface area contributed by atoms with E-state index >= 15 is 0 Å². The van der Waals surface area contributed by atoms with Crippen molar-refractivity contribution in [2.24, 2.45) is 0 Å². The third-order valence-electron chi connectivity index (χ3n) is 1.52. The van der Waals surface area contributed by atoms with Crippen LogP contribution in [0.15, 0.2) is 24.3 Å². The van der Waals surface area contributed by atoms with Gasteiger partial charge in [0, 0.05) is 5.33 Å². The summed E-state index contributed by atoms with van der Waals surface area (Å²) >= 11 is 3.22. The molecule has 0 bridgehead atoms. The minimum Gasteiger partial charge on any atom is -0.207 e. The maximum atomic E-state index is 12.7. The molecule has 0 atom stereocenters. The lowest BCUT2D eigenvalue weighted by molar-refractivity contribution is 0.627. The van der Waals surface area contributed by atoms with E-state index in [1.54, 1.807) is 12.1 Å². The van der Waals surface area contributed by atoms with Gasteiger partial charge in [0.2, 0.25) is 0 Å².